The highest BCUT2D eigenvalue weighted by Crippen LogP contribution is 2.20. The van der Waals surface area contributed by atoms with Gasteiger partial charge in [0.1, 0.15) is 0 Å². The lowest BCUT2D eigenvalue weighted by Crippen LogP contribution is -2.35. The average Bonchev–Trinajstić information content (AvgIpc) is 2.37. The number of nitrogens with zero attached hydrogens (tertiary/aromatic N) is 2. The number of carbonyl (C=O) groups excluding carboxylic acids is 1. The summed E-state index contributed by atoms with van der Waals surface area (Å²) in [6.07, 6.45) is 0. The van der Waals surface area contributed by atoms with Gasteiger partial charge in [0, 0.05) is 20.6 Å². The SMILES string of the molecule is CNC(=O)C(C)CN(C)c1nc(C(=O)O)ccc1N. The predicted octanol–water partition coefficient (Wildman–Crippen LogP) is 0.180. The summed E-state index contributed by atoms with van der Waals surface area (Å²) in [6, 6.07) is 2.84. The van der Waals surface area contributed by atoms with Crippen LogP contribution >= 0.6 is 0 Å². The molecule has 0 aromatic carbocycles. The first-order chi connectivity index (χ1) is 8.86. The minimum atomic E-state index is -1.12. The van der Waals surface area contributed by atoms with Crippen molar-refractivity contribution < 1.29 is 14.7 Å². The molecule has 1 rings (SSSR count). The van der Waals surface area contributed by atoms with Crippen LogP contribution in [0.15, 0.2) is 12.1 Å². The minimum Gasteiger partial charge on any atom is -0.477 e. The molecular weight excluding hydrogens is 248 g/mol. The number of nitrogens with two attached hydrogens (primary N) is 1. The van der Waals surface area contributed by atoms with E-state index in [0.29, 0.717) is 18.1 Å². The topological polar surface area (TPSA) is 109 Å². The quantitative estimate of drug-likeness (QED) is 0.701. The molecule has 1 heterocycles. The molecule has 1 aromatic rings. The van der Waals surface area contributed by atoms with Gasteiger partial charge in [-0.05, 0) is 12.1 Å². The number of hydrogen-bond acceptors (Lipinski definition) is 5. The first-order valence-electron chi connectivity index (χ1n) is 5.79. The van der Waals surface area contributed by atoms with Gasteiger partial charge in [-0.25, -0.2) is 9.78 Å². The number of carboxylic acids is 1. The van der Waals surface area contributed by atoms with E-state index in [9.17, 15) is 9.59 Å². The van der Waals surface area contributed by atoms with Crippen molar-refractivity contribution in [3.05, 3.63) is 17.8 Å². The number of aromatic carboxylic acids is 1. The molecule has 0 saturated heterocycles. The number of anilines is 2. The fraction of sp³-hybridized carbons (Fsp3) is 0.417. The molecule has 19 heavy (non-hydrogen) atoms. The zero-order chi connectivity index (χ0) is 14.6. The Hall–Kier alpha value is -2.31. The van der Waals surface area contributed by atoms with Gasteiger partial charge in [-0.2, -0.15) is 0 Å². The van der Waals surface area contributed by atoms with E-state index in [2.05, 4.69) is 10.3 Å². The Kier molecular flexibility index (Phi) is 4.68. The van der Waals surface area contributed by atoms with Gasteiger partial charge in [0.25, 0.3) is 0 Å². The summed E-state index contributed by atoms with van der Waals surface area (Å²) >= 11 is 0. The van der Waals surface area contributed by atoms with Crippen molar-refractivity contribution in [2.24, 2.45) is 5.92 Å². The van der Waals surface area contributed by atoms with Crippen LogP contribution in [0.5, 0.6) is 0 Å². The zero-order valence-electron chi connectivity index (χ0n) is 11.2. The molecule has 0 fully saturated rings. The van der Waals surface area contributed by atoms with Crippen LogP contribution in [-0.2, 0) is 4.79 Å². The Bertz CT molecular complexity index is 490. The summed E-state index contributed by atoms with van der Waals surface area (Å²) in [5.41, 5.74) is 6.07. The van der Waals surface area contributed by atoms with Gasteiger partial charge in [-0.15, -0.1) is 0 Å². The maximum absolute atomic E-state index is 11.5. The summed E-state index contributed by atoms with van der Waals surface area (Å²) in [4.78, 5) is 28.0. The fourth-order valence-electron chi connectivity index (χ4n) is 1.71. The van der Waals surface area contributed by atoms with Gasteiger partial charge in [0.2, 0.25) is 5.91 Å². The first-order valence-corrected chi connectivity index (χ1v) is 5.79. The number of nitrogen functional groups attached to an aromatic ring is 1. The summed E-state index contributed by atoms with van der Waals surface area (Å²) < 4.78 is 0. The standard InChI is InChI=1S/C12H18N4O3/c1-7(11(17)14-2)6-16(3)10-8(13)4-5-9(15-10)12(18)19/h4-5,7H,6,13H2,1-3H3,(H,14,17)(H,18,19). The number of aromatic nitrogens is 1. The number of carbonyl (C=O) groups is 2. The number of amides is 1. The Morgan fingerprint density at radius 1 is 1.53 bits per heavy atom. The lowest BCUT2D eigenvalue weighted by atomic mass is 10.1. The number of hydrogen-bond donors (Lipinski definition) is 3. The molecule has 0 radical (unpaired) electrons. The largest absolute Gasteiger partial charge is 0.477 e. The van der Waals surface area contributed by atoms with Crippen molar-refractivity contribution >= 4 is 23.4 Å². The summed E-state index contributed by atoms with van der Waals surface area (Å²) in [7, 11) is 3.28. The van der Waals surface area contributed by atoms with Crippen LogP contribution in [0, 0.1) is 5.92 Å². The summed E-state index contributed by atoms with van der Waals surface area (Å²) in [6.45, 7) is 2.16. The molecular formula is C12H18N4O3. The smallest absolute Gasteiger partial charge is 0.354 e. The third-order valence-corrected chi connectivity index (χ3v) is 2.73. The fourth-order valence-corrected chi connectivity index (χ4v) is 1.71. The van der Waals surface area contributed by atoms with E-state index >= 15 is 0 Å². The van der Waals surface area contributed by atoms with Gasteiger partial charge >= 0.3 is 5.97 Å². The molecule has 4 N–H and O–H groups in total. The molecule has 104 valence electrons. The van der Waals surface area contributed by atoms with Crippen LogP contribution in [-0.4, -0.2) is 42.6 Å². The normalized spacial score (nSPS) is 11.7. The molecule has 1 amide bonds. The Labute approximate surface area is 111 Å². The predicted molar refractivity (Wildman–Crippen MR) is 72.1 cm³/mol. The Morgan fingerprint density at radius 3 is 2.68 bits per heavy atom. The van der Waals surface area contributed by atoms with Crippen molar-refractivity contribution in [1.82, 2.24) is 10.3 Å². The van der Waals surface area contributed by atoms with Crippen LogP contribution in [0.25, 0.3) is 0 Å². The van der Waals surface area contributed by atoms with Crippen LogP contribution in [0.4, 0.5) is 11.5 Å². The second kappa shape index (κ2) is 6.03. The number of pyridine rings is 1. The minimum absolute atomic E-state index is 0.0800. The van der Waals surface area contributed by atoms with Crippen molar-refractivity contribution in [3.63, 3.8) is 0 Å². The Morgan fingerprint density at radius 2 is 2.16 bits per heavy atom. The highest BCUT2D eigenvalue weighted by atomic mass is 16.4. The van der Waals surface area contributed by atoms with E-state index in [1.165, 1.54) is 12.1 Å². The maximum Gasteiger partial charge on any atom is 0.354 e. The molecule has 1 unspecified atom stereocenters. The number of rotatable bonds is 5. The van der Waals surface area contributed by atoms with Gasteiger partial charge < -0.3 is 21.1 Å². The van der Waals surface area contributed by atoms with E-state index in [0.717, 1.165) is 0 Å². The van der Waals surface area contributed by atoms with Crippen molar-refractivity contribution in [3.8, 4) is 0 Å². The monoisotopic (exact) mass is 266 g/mol. The van der Waals surface area contributed by atoms with Crippen LogP contribution < -0.4 is 16.0 Å². The van der Waals surface area contributed by atoms with Gasteiger partial charge in [0.15, 0.2) is 11.5 Å². The average molecular weight is 266 g/mol. The summed E-state index contributed by atoms with van der Waals surface area (Å²) in [5.74, 6) is -1.12. The number of carboxylic acid groups (broad SMARTS) is 1. The molecule has 1 atom stereocenters. The lowest BCUT2D eigenvalue weighted by Gasteiger charge is -2.23. The molecule has 0 aliphatic rings. The maximum atomic E-state index is 11.5. The van der Waals surface area contributed by atoms with Gasteiger partial charge in [-0.1, -0.05) is 6.92 Å². The third kappa shape index (κ3) is 3.57. The van der Waals surface area contributed by atoms with Crippen LogP contribution in [0.3, 0.4) is 0 Å². The van der Waals surface area contributed by atoms with Crippen molar-refractivity contribution in [1.29, 1.82) is 0 Å². The second-order valence-electron chi connectivity index (χ2n) is 4.31. The lowest BCUT2D eigenvalue weighted by molar-refractivity contribution is -0.123. The number of nitrogens with one attached hydrogen (secondary N) is 1. The van der Waals surface area contributed by atoms with E-state index in [4.69, 9.17) is 10.8 Å². The van der Waals surface area contributed by atoms with Crippen molar-refractivity contribution in [2.45, 2.75) is 6.92 Å². The van der Waals surface area contributed by atoms with Crippen LogP contribution in [0.2, 0.25) is 0 Å². The van der Waals surface area contributed by atoms with E-state index in [-0.39, 0.29) is 17.5 Å². The first kappa shape index (κ1) is 14.7. The van der Waals surface area contributed by atoms with Crippen molar-refractivity contribution in [2.75, 3.05) is 31.3 Å². The zero-order valence-corrected chi connectivity index (χ0v) is 11.2. The second-order valence-corrected chi connectivity index (χ2v) is 4.31. The third-order valence-electron chi connectivity index (χ3n) is 2.73. The molecule has 0 bridgehead atoms. The Balaban J connectivity index is 2.92. The molecule has 0 aliphatic heterocycles. The van der Waals surface area contributed by atoms with Gasteiger partial charge in [-0.3, -0.25) is 4.79 Å². The highest BCUT2D eigenvalue weighted by molar-refractivity contribution is 5.87. The van der Waals surface area contributed by atoms with E-state index in [1.807, 2.05) is 0 Å². The van der Waals surface area contributed by atoms with Crippen LogP contribution in [0.1, 0.15) is 17.4 Å². The molecule has 0 spiro atoms. The summed E-state index contributed by atoms with van der Waals surface area (Å²) in [5, 5.41) is 11.5. The molecule has 7 nitrogen and oxygen atoms in total. The molecule has 0 aliphatic carbocycles. The molecule has 0 saturated carbocycles. The van der Waals surface area contributed by atoms with Gasteiger partial charge in [0.05, 0.1) is 11.6 Å². The molecule has 7 heteroatoms. The molecule has 1 aromatic heterocycles. The van der Waals surface area contributed by atoms with E-state index < -0.39 is 5.97 Å². The van der Waals surface area contributed by atoms with E-state index in [1.54, 1.807) is 25.9 Å². The highest BCUT2D eigenvalue weighted by Gasteiger charge is 2.17.